The van der Waals surface area contributed by atoms with Crippen LogP contribution in [-0.4, -0.2) is 39.3 Å². The summed E-state index contributed by atoms with van der Waals surface area (Å²) in [7, 11) is 1.23. The van der Waals surface area contributed by atoms with E-state index >= 15 is 0 Å². The number of carbonyl (C=O) groups is 2. The number of fused-ring (bicyclic) bond motifs is 3. The van der Waals surface area contributed by atoms with Crippen molar-refractivity contribution >= 4 is 11.8 Å². The van der Waals surface area contributed by atoms with Crippen LogP contribution in [-0.2, 0) is 21.4 Å². The number of rotatable bonds is 3. The maximum Gasteiger partial charge on any atom is 0.315 e. The van der Waals surface area contributed by atoms with Gasteiger partial charge in [-0.15, -0.1) is 6.58 Å². The Balaban J connectivity index is 2.42. The van der Waals surface area contributed by atoms with Gasteiger partial charge in [-0.25, -0.2) is 0 Å². The summed E-state index contributed by atoms with van der Waals surface area (Å²) in [6.45, 7) is 6.80. The molecule has 1 aromatic rings. The molecular weight excluding hydrogens is 364 g/mol. The third-order valence-corrected chi connectivity index (χ3v) is 6.19. The predicted octanol–water partition coefficient (Wildman–Crippen LogP) is 3.16. The van der Waals surface area contributed by atoms with Gasteiger partial charge in [-0.3, -0.25) is 9.59 Å². The van der Waals surface area contributed by atoms with E-state index in [1.807, 2.05) is 0 Å². The summed E-state index contributed by atoms with van der Waals surface area (Å²) in [5.74, 6) is -3.74. The monoisotopic (exact) mass is 388 g/mol. The van der Waals surface area contributed by atoms with Crippen LogP contribution in [0.2, 0.25) is 0 Å². The number of ether oxygens (including phenoxy) is 1. The summed E-state index contributed by atoms with van der Waals surface area (Å²) in [5.41, 5.74) is -2.59. The Bertz CT molecular complexity index is 943. The number of hydrogen-bond acceptors (Lipinski definition) is 7. The molecule has 28 heavy (non-hydrogen) atoms. The minimum Gasteiger partial charge on any atom is -0.507 e. The highest BCUT2D eigenvalue weighted by Gasteiger charge is 2.57. The van der Waals surface area contributed by atoms with E-state index in [4.69, 9.17) is 4.74 Å². The molecule has 0 saturated heterocycles. The molecule has 1 saturated carbocycles. The summed E-state index contributed by atoms with van der Waals surface area (Å²) in [6, 6.07) is 0. The SMILES string of the molecule is C=CCc1c(O)c(O)c2c(c1O)C(=O)C(O)=C1[C@@](C)(C(=O)OC)CCC[C@@]12C. The highest BCUT2D eigenvalue weighted by molar-refractivity contribution is 6.14. The third-order valence-electron chi connectivity index (χ3n) is 6.19. The van der Waals surface area contributed by atoms with E-state index in [0.717, 1.165) is 0 Å². The average molecular weight is 388 g/mol. The number of aliphatic hydroxyl groups is 1. The van der Waals surface area contributed by atoms with E-state index in [0.29, 0.717) is 19.3 Å². The number of aromatic hydroxyl groups is 3. The molecule has 0 aliphatic heterocycles. The molecular formula is C21H24O7. The highest BCUT2D eigenvalue weighted by atomic mass is 16.5. The third kappa shape index (κ3) is 2.28. The number of esters is 1. The van der Waals surface area contributed by atoms with Crippen molar-refractivity contribution in [3.05, 3.63) is 40.7 Å². The molecule has 0 aromatic heterocycles. The summed E-state index contributed by atoms with van der Waals surface area (Å²) in [5, 5.41) is 42.8. The molecule has 4 N–H and O–H groups in total. The maximum absolute atomic E-state index is 13.0. The summed E-state index contributed by atoms with van der Waals surface area (Å²) < 4.78 is 4.92. The van der Waals surface area contributed by atoms with Gasteiger partial charge in [0.2, 0.25) is 5.78 Å². The Kier molecular flexibility index (Phi) is 4.45. The number of phenols is 3. The first-order valence-electron chi connectivity index (χ1n) is 9.04. The highest BCUT2D eigenvalue weighted by Crippen LogP contribution is 2.61. The number of methoxy groups -OCH3 is 1. The lowest BCUT2D eigenvalue weighted by molar-refractivity contribution is -0.151. The molecule has 0 amide bonds. The maximum atomic E-state index is 13.0. The van der Waals surface area contributed by atoms with Crippen LogP contribution < -0.4 is 0 Å². The Hall–Kier alpha value is -2.96. The molecule has 1 fully saturated rings. The summed E-state index contributed by atoms with van der Waals surface area (Å²) >= 11 is 0. The van der Waals surface area contributed by atoms with Crippen molar-refractivity contribution in [2.24, 2.45) is 5.41 Å². The number of benzene rings is 1. The van der Waals surface area contributed by atoms with Gasteiger partial charge in [-0.2, -0.15) is 0 Å². The van der Waals surface area contributed by atoms with E-state index < -0.39 is 45.6 Å². The van der Waals surface area contributed by atoms with Gasteiger partial charge in [-0.1, -0.05) is 19.4 Å². The van der Waals surface area contributed by atoms with E-state index in [9.17, 15) is 30.0 Å². The lowest BCUT2D eigenvalue weighted by atomic mass is 9.53. The summed E-state index contributed by atoms with van der Waals surface area (Å²) in [6.07, 6.45) is 2.71. The van der Waals surface area contributed by atoms with Crippen LogP contribution >= 0.6 is 0 Å². The fraction of sp³-hybridized carbons (Fsp3) is 0.429. The van der Waals surface area contributed by atoms with Crippen molar-refractivity contribution in [3.8, 4) is 17.2 Å². The molecule has 7 heteroatoms. The van der Waals surface area contributed by atoms with Crippen LogP contribution in [0.15, 0.2) is 24.0 Å². The second-order valence-electron chi connectivity index (χ2n) is 7.83. The molecule has 0 heterocycles. The van der Waals surface area contributed by atoms with E-state index in [1.54, 1.807) is 13.8 Å². The van der Waals surface area contributed by atoms with Crippen LogP contribution in [0.3, 0.4) is 0 Å². The molecule has 2 aliphatic rings. The molecule has 3 rings (SSSR count). The molecule has 0 spiro atoms. The van der Waals surface area contributed by atoms with Crippen LogP contribution in [0.25, 0.3) is 0 Å². The predicted molar refractivity (Wildman–Crippen MR) is 101 cm³/mol. The Morgan fingerprint density at radius 1 is 1.14 bits per heavy atom. The van der Waals surface area contributed by atoms with Crippen molar-refractivity contribution in [1.82, 2.24) is 0 Å². The number of Topliss-reactive ketones (excluding diaryl/α,β-unsaturated/α-hetero) is 1. The van der Waals surface area contributed by atoms with Crippen molar-refractivity contribution < 1.29 is 34.8 Å². The standard InChI is InChI=1S/C21H24O7/c1-5-7-10-13(22)11-12(16(25)14(10)23)20(2)8-6-9-21(3,19(27)28-4)18(20)17(26)15(11)24/h5,22-23,25-26H,1,6-9H2,2-4H3/t20-,21+/m1/s1. The minimum absolute atomic E-state index is 0.0136. The first-order valence-corrected chi connectivity index (χ1v) is 9.04. The number of ketones is 1. The molecule has 0 unspecified atom stereocenters. The first-order chi connectivity index (χ1) is 13.1. The first kappa shape index (κ1) is 19.8. The molecule has 0 bridgehead atoms. The number of phenolic OH excluding ortho intramolecular Hbond substituents is 3. The second kappa shape index (κ2) is 6.29. The lowest BCUT2D eigenvalue weighted by Gasteiger charge is -2.48. The van der Waals surface area contributed by atoms with Gasteiger partial charge in [0.25, 0.3) is 0 Å². The van der Waals surface area contributed by atoms with Crippen LogP contribution in [0.5, 0.6) is 17.2 Å². The van der Waals surface area contributed by atoms with Crippen molar-refractivity contribution in [1.29, 1.82) is 0 Å². The zero-order valence-corrected chi connectivity index (χ0v) is 16.1. The van der Waals surface area contributed by atoms with E-state index in [2.05, 4.69) is 6.58 Å². The van der Waals surface area contributed by atoms with Crippen LogP contribution in [0.4, 0.5) is 0 Å². The average Bonchev–Trinajstić information content (AvgIpc) is 2.65. The Labute approximate surface area is 162 Å². The van der Waals surface area contributed by atoms with Crippen LogP contribution in [0, 0.1) is 5.41 Å². The zero-order valence-electron chi connectivity index (χ0n) is 16.1. The molecule has 7 nitrogen and oxygen atoms in total. The molecule has 150 valence electrons. The number of hydrogen-bond donors (Lipinski definition) is 4. The van der Waals surface area contributed by atoms with Gasteiger partial charge < -0.3 is 25.2 Å². The second-order valence-corrected chi connectivity index (χ2v) is 7.83. The lowest BCUT2D eigenvalue weighted by Crippen LogP contribution is -2.48. The quantitative estimate of drug-likeness (QED) is 0.271. The fourth-order valence-electron chi connectivity index (χ4n) is 4.95. The normalized spacial score (nSPS) is 26.5. The topological polar surface area (TPSA) is 124 Å². The molecule has 2 aliphatic carbocycles. The van der Waals surface area contributed by atoms with Gasteiger partial charge >= 0.3 is 5.97 Å². The van der Waals surface area contributed by atoms with Gasteiger partial charge in [-0.05, 0) is 26.2 Å². The minimum atomic E-state index is -1.28. The van der Waals surface area contributed by atoms with Gasteiger partial charge in [0, 0.05) is 22.1 Å². The van der Waals surface area contributed by atoms with Crippen molar-refractivity contribution in [2.45, 2.75) is 44.9 Å². The fourth-order valence-corrected chi connectivity index (χ4v) is 4.95. The number of aliphatic hydroxyl groups excluding tert-OH is 1. The number of carbonyl (C=O) groups excluding carboxylic acids is 2. The van der Waals surface area contributed by atoms with Gasteiger partial charge in [0.1, 0.15) is 5.75 Å². The number of allylic oxidation sites excluding steroid dienone is 2. The van der Waals surface area contributed by atoms with Crippen molar-refractivity contribution in [2.75, 3.05) is 7.11 Å². The van der Waals surface area contributed by atoms with Crippen LogP contribution in [0.1, 0.15) is 54.6 Å². The summed E-state index contributed by atoms with van der Waals surface area (Å²) in [4.78, 5) is 25.6. The van der Waals surface area contributed by atoms with Gasteiger partial charge in [0.15, 0.2) is 17.3 Å². The van der Waals surface area contributed by atoms with E-state index in [-0.39, 0.29) is 28.7 Å². The van der Waals surface area contributed by atoms with E-state index in [1.165, 1.54) is 13.2 Å². The zero-order chi connectivity index (χ0) is 21.0. The Morgan fingerprint density at radius 2 is 1.79 bits per heavy atom. The molecule has 0 radical (unpaired) electrons. The smallest absolute Gasteiger partial charge is 0.315 e. The van der Waals surface area contributed by atoms with Gasteiger partial charge in [0.05, 0.1) is 18.1 Å². The largest absolute Gasteiger partial charge is 0.507 e. The Morgan fingerprint density at radius 3 is 2.36 bits per heavy atom. The molecule has 1 aromatic carbocycles. The van der Waals surface area contributed by atoms with Crippen molar-refractivity contribution in [3.63, 3.8) is 0 Å². The molecule has 2 atom stereocenters.